The van der Waals surface area contributed by atoms with Gasteiger partial charge in [-0.3, -0.25) is 5.10 Å². The van der Waals surface area contributed by atoms with Crippen molar-refractivity contribution in [3.05, 3.63) is 89.2 Å². The summed E-state index contributed by atoms with van der Waals surface area (Å²) in [6.07, 6.45) is 2.44. The third kappa shape index (κ3) is 2.88. The number of aromatic hydroxyl groups is 2. The van der Waals surface area contributed by atoms with Crippen LogP contribution in [0.3, 0.4) is 0 Å². The molecule has 0 spiro atoms. The van der Waals surface area contributed by atoms with Crippen LogP contribution in [-0.4, -0.2) is 34.6 Å². The van der Waals surface area contributed by atoms with Crippen LogP contribution in [0.25, 0.3) is 0 Å². The van der Waals surface area contributed by atoms with Gasteiger partial charge >= 0.3 is 0 Å². The predicted molar refractivity (Wildman–Crippen MR) is 130 cm³/mol. The van der Waals surface area contributed by atoms with Crippen LogP contribution in [0.4, 0.5) is 5.69 Å². The van der Waals surface area contributed by atoms with Crippen LogP contribution < -0.4 is 14.4 Å². The van der Waals surface area contributed by atoms with E-state index in [2.05, 4.69) is 33.3 Å². The van der Waals surface area contributed by atoms with Crippen LogP contribution >= 0.6 is 11.8 Å². The highest BCUT2D eigenvalue weighted by molar-refractivity contribution is 8.00. The van der Waals surface area contributed by atoms with E-state index in [9.17, 15) is 10.2 Å². The maximum absolute atomic E-state index is 10.4. The van der Waals surface area contributed by atoms with Gasteiger partial charge in [-0.1, -0.05) is 30.0 Å². The van der Waals surface area contributed by atoms with Crippen molar-refractivity contribution in [2.75, 3.05) is 19.1 Å². The molecule has 2 aliphatic rings. The zero-order valence-corrected chi connectivity index (χ0v) is 19.5. The molecule has 0 radical (unpaired) electrons. The largest absolute Gasteiger partial charge is 0.504 e. The summed E-state index contributed by atoms with van der Waals surface area (Å²) in [5.41, 5.74) is 4.56. The summed E-state index contributed by atoms with van der Waals surface area (Å²) in [4.78, 5) is 3.59. The average molecular weight is 474 g/mol. The van der Waals surface area contributed by atoms with E-state index >= 15 is 0 Å². The summed E-state index contributed by atoms with van der Waals surface area (Å²) in [7, 11) is 3.10. The first-order valence-corrected chi connectivity index (χ1v) is 11.8. The fourth-order valence-electron chi connectivity index (χ4n) is 5.17. The van der Waals surface area contributed by atoms with Crippen LogP contribution in [-0.2, 0) is 12.0 Å². The number of phenolic OH excluding ortho intramolecular Hbond substituents is 2. The summed E-state index contributed by atoms with van der Waals surface area (Å²) in [6, 6.07) is 19.6. The van der Waals surface area contributed by atoms with Gasteiger partial charge in [0.15, 0.2) is 23.0 Å². The zero-order chi connectivity index (χ0) is 23.4. The summed E-state index contributed by atoms with van der Waals surface area (Å²) < 4.78 is 11.0. The summed E-state index contributed by atoms with van der Waals surface area (Å²) in [5.74, 6) is 0.977. The van der Waals surface area contributed by atoms with Crippen molar-refractivity contribution in [1.29, 1.82) is 0 Å². The van der Waals surface area contributed by atoms with Crippen molar-refractivity contribution in [3.63, 3.8) is 0 Å². The summed E-state index contributed by atoms with van der Waals surface area (Å²) >= 11 is 1.77. The molecule has 2 bridgehead atoms. The van der Waals surface area contributed by atoms with E-state index < -0.39 is 5.54 Å². The first-order valence-electron chi connectivity index (χ1n) is 10.9. The Labute approximate surface area is 201 Å². The molecule has 172 valence electrons. The molecule has 3 N–H and O–H groups in total. The number of nitrogens with one attached hydrogen (secondary N) is 1. The molecule has 1 unspecified atom stereocenters. The third-order valence-electron chi connectivity index (χ3n) is 6.73. The van der Waals surface area contributed by atoms with Gasteiger partial charge in [-0.15, -0.1) is 0 Å². The first-order chi connectivity index (χ1) is 16.5. The number of phenols is 2. The van der Waals surface area contributed by atoms with Gasteiger partial charge in [-0.2, -0.15) is 5.10 Å². The number of rotatable bonds is 5. The highest BCUT2D eigenvalue weighted by Gasteiger charge is 2.51. The standard InChI is InChI=1S/C26H23N3O4S/c1-32-22-12-16(4-6-20(22)30)26(17-5-7-21(31)23(13-17)33-2)14-15-3-8-24-19(11-15)29(26)25(34-24)18-9-10-27-28-18/h3-13,25,30-31H,14H2,1-2H3,(H,27,28). The van der Waals surface area contributed by atoms with Crippen molar-refractivity contribution in [3.8, 4) is 23.0 Å². The minimum atomic E-state index is -0.670. The SMILES string of the molecule is COc1cc(C2(c3ccc(O)c(OC)c3)Cc3ccc4c(c3)N2C(c2ccn[nH]2)S4)ccc1O. The number of methoxy groups -OCH3 is 2. The second-order valence-electron chi connectivity index (χ2n) is 8.46. The van der Waals surface area contributed by atoms with E-state index in [0.29, 0.717) is 17.9 Å². The molecule has 34 heavy (non-hydrogen) atoms. The van der Waals surface area contributed by atoms with E-state index in [-0.39, 0.29) is 16.9 Å². The molecule has 0 saturated carbocycles. The number of aromatic nitrogens is 2. The quantitative estimate of drug-likeness (QED) is 0.378. The Morgan fingerprint density at radius 1 is 0.941 bits per heavy atom. The fourth-order valence-corrected chi connectivity index (χ4v) is 6.49. The van der Waals surface area contributed by atoms with E-state index in [1.807, 2.05) is 30.3 Å². The highest BCUT2D eigenvalue weighted by Crippen LogP contribution is 2.61. The van der Waals surface area contributed by atoms with Gasteiger partial charge in [0.2, 0.25) is 0 Å². The Hall–Kier alpha value is -3.78. The molecule has 1 atom stereocenters. The number of nitrogens with zero attached hydrogens (tertiary/aromatic N) is 2. The summed E-state index contributed by atoms with van der Waals surface area (Å²) in [5, 5.41) is 28.0. The Morgan fingerprint density at radius 3 is 2.21 bits per heavy atom. The molecule has 1 aromatic heterocycles. The van der Waals surface area contributed by atoms with Crippen molar-refractivity contribution >= 4 is 17.4 Å². The predicted octanol–water partition coefficient (Wildman–Crippen LogP) is 4.95. The minimum absolute atomic E-state index is 0.0624. The summed E-state index contributed by atoms with van der Waals surface area (Å²) in [6.45, 7) is 0. The van der Waals surface area contributed by atoms with E-state index in [1.54, 1.807) is 44.3 Å². The molecule has 8 heteroatoms. The van der Waals surface area contributed by atoms with Crippen LogP contribution in [0.15, 0.2) is 71.8 Å². The number of benzene rings is 3. The van der Waals surface area contributed by atoms with Gasteiger partial charge in [0.05, 0.1) is 31.1 Å². The highest BCUT2D eigenvalue weighted by atomic mass is 32.2. The molecule has 0 saturated heterocycles. The molecule has 3 aromatic carbocycles. The van der Waals surface area contributed by atoms with Crippen LogP contribution in [0.5, 0.6) is 23.0 Å². The van der Waals surface area contributed by atoms with Gasteiger partial charge in [0.25, 0.3) is 0 Å². The van der Waals surface area contributed by atoms with Gasteiger partial charge in [-0.05, 0) is 59.2 Å². The van der Waals surface area contributed by atoms with Gasteiger partial charge in [-0.25, -0.2) is 0 Å². The number of thioether (sulfide) groups is 1. The normalized spacial score (nSPS) is 17.6. The lowest BCUT2D eigenvalue weighted by Gasteiger charge is -2.49. The molecular formula is C26H23N3O4S. The Balaban J connectivity index is 1.67. The average Bonchev–Trinajstić information content (AvgIpc) is 3.53. The number of H-pyrrole nitrogens is 1. The lowest BCUT2D eigenvalue weighted by atomic mass is 9.73. The molecule has 0 amide bonds. The number of anilines is 1. The Kier molecular flexibility index (Phi) is 4.67. The molecular weight excluding hydrogens is 450 g/mol. The van der Waals surface area contributed by atoms with Crippen LogP contribution in [0, 0.1) is 0 Å². The topological polar surface area (TPSA) is 90.8 Å². The number of aromatic amines is 1. The van der Waals surface area contributed by atoms with E-state index in [0.717, 1.165) is 22.5 Å². The lowest BCUT2D eigenvalue weighted by molar-refractivity contribution is 0.366. The zero-order valence-electron chi connectivity index (χ0n) is 18.6. The molecule has 4 aromatic rings. The minimum Gasteiger partial charge on any atom is -0.504 e. The van der Waals surface area contributed by atoms with Crippen molar-refractivity contribution < 1.29 is 19.7 Å². The number of fused-ring (bicyclic) bond motifs is 1. The molecule has 3 heterocycles. The van der Waals surface area contributed by atoms with Crippen molar-refractivity contribution in [2.24, 2.45) is 0 Å². The smallest absolute Gasteiger partial charge is 0.160 e. The number of hydrogen-bond donors (Lipinski definition) is 3. The van der Waals surface area contributed by atoms with Gasteiger partial charge in [0.1, 0.15) is 5.37 Å². The maximum atomic E-state index is 10.4. The Bertz CT molecular complexity index is 1340. The first kappa shape index (κ1) is 20.8. The van der Waals surface area contributed by atoms with Crippen LogP contribution in [0.2, 0.25) is 0 Å². The fraction of sp³-hybridized carbons (Fsp3) is 0.192. The molecule has 2 aliphatic heterocycles. The van der Waals surface area contributed by atoms with Gasteiger partial charge < -0.3 is 24.6 Å². The van der Waals surface area contributed by atoms with E-state index in [1.165, 1.54) is 10.5 Å². The third-order valence-corrected chi connectivity index (χ3v) is 8.02. The molecule has 6 rings (SSSR count). The van der Waals surface area contributed by atoms with Crippen LogP contribution in [0.1, 0.15) is 27.8 Å². The maximum Gasteiger partial charge on any atom is 0.160 e. The number of hydrogen-bond acceptors (Lipinski definition) is 7. The molecule has 7 nitrogen and oxygen atoms in total. The van der Waals surface area contributed by atoms with Crippen molar-refractivity contribution in [1.82, 2.24) is 10.2 Å². The second kappa shape index (κ2) is 7.63. The lowest BCUT2D eigenvalue weighted by Crippen LogP contribution is -2.50. The van der Waals surface area contributed by atoms with Gasteiger partial charge in [0, 0.05) is 17.5 Å². The second-order valence-corrected chi connectivity index (χ2v) is 9.59. The number of ether oxygens (including phenoxy) is 2. The molecule has 0 aliphatic carbocycles. The van der Waals surface area contributed by atoms with Crippen molar-refractivity contribution in [2.45, 2.75) is 22.2 Å². The monoisotopic (exact) mass is 473 g/mol. The van der Waals surface area contributed by atoms with E-state index in [4.69, 9.17) is 9.47 Å². The Morgan fingerprint density at radius 2 is 1.62 bits per heavy atom. The molecule has 0 fully saturated rings.